The Hall–Kier alpha value is -2.54. The van der Waals surface area contributed by atoms with Crippen LogP contribution in [-0.2, 0) is 0 Å². The molecule has 1 aromatic carbocycles. The predicted octanol–water partition coefficient (Wildman–Crippen LogP) is 2.58. The number of unbranched alkanes of at least 4 members (excludes halogenated alkanes) is 1. The number of rotatable bonds is 8. The van der Waals surface area contributed by atoms with Crippen molar-refractivity contribution in [2.24, 2.45) is 0 Å². The van der Waals surface area contributed by atoms with Crippen molar-refractivity contribution in [2.75, 3.05) is 45.9 Å². The molecule has 0 spiro atoms. The number of piperazine rings is 1. The average molecular weight is 371 g/mol. The second-order valence-electron chi connectivity index (χ2n) is 6.76. The smallest absolute Gasteiger partial charge is 0.317 e. The molecule has 7 nitrogen and oxygen atoms in total. The van der Waals surface area contributed by atoms with Crippen molar-refractivity contribution in [1.29, 1.82) is 0 Å². The van der Waals surface area contributed by atoms with Gasteiger partial charge >= 0.3 is 6.03 Å². The van der Waals surface area contributed by atoms with E-state index < -0.39 is 0 Å². The maximum atomic E-state index is 12.1. The van der Waals surface area contributed by atoms with Gasteiger partial charge in [0, 0.05) is 45.5 Å². The third-order valence-corrected chi connectivity index (χ3v) is 4.81. The topological polar surface area (TPSA) is 73.5 Å². The van der Waals surface area contributed by atoms with Gasteiger partial charge in [0.05, 0.1) is 5.69 Å². The van der Waals surface area contributed by atoms with E-state index in [0.717, 1.165) is 69.1 Å². The van der Waals surface area contributed by atoms with Crippen molar-refractivity contribution in [1.82, 2.24) is 25.3 Å². The van der Waals surface area contributed by atoms with Gasteiger partial charge in [-0.25, -0.2) is 4.79 Å². The Morgan fingerprint density at radius 1 is 1.19 bits per heavy atom. The van der Waals surface area contributed by atoms with Crippen LogP contribution in [0.1, 0.15) is 19.8 Å². The summed E-state index contributed by atoms with van der Waals surface area (Å²) in [6.45, 7) is 7.74. The summed E-state index contributed by atoms with van der Waals surface area (Å²) in [5, 5.41) is 9.91. The maximum absolute atomic E-state index is 12.1. The van der Waals surface area contributed by atoms with Crippen LogP contribution in [0.5, 0.6) is 5.75 Å². The van der Waals surface area contributed by atoms with Gasteiger partial charge in [-0.15, -0.1) is 0 Å². The first-order chi connectivity index (χ1) is 13.3. The number of hydrogen-bond donors (Lipinski definition) is 2. The first-order valence-electron chi connectivity index (χ1n) is 9.74. The number of carbonyl (C=O) groups excluding carboxylic acids is 1. The molecule has 7 heteroatoms. The SMILES string of the molecule is CCCCNC(=O)N1CCN(CCOc2ccc(-c3ccn[nH]3)cc2)CC1. The highest BCUT2D eigenvalue weighted by molar-refractivity contribution is 5.74. The normalized spacial score (nSPS) is 14.9. The zero-order valence-electron chi connectivity index (χ0n) is 16.0. The lowest BCUT2D eigenvalue weighted by atomic mass is 10.1. The fraction of sp³-hybridized carbons (Fsp3) is 0.500. The Bertz CT molecular complexity index is 679. The van der Waals surface area contributed by atoms with Crippen LogP contribution in [0.15, 0.2) is 36.5 Å². The minimum Gasteiger partial charge on any atom is -0.492 e. The van der Waals surface area contributed by atoms with E-state index in [2.05, 4.69) is 27.3 Å². The van der Waals surface area contributed by atoms with Gasteiger partial charge in [0.2, 0.25) is 0 Å². The second kappa shape index (κ2) is 9.97. The quantitative estimate of drug-likeness (QED) is 0.700. The van der Waals surface area contributed by atoms with Gasteiger partial charge in [-0.1, -0.05) is 13.3 Å². The molecular weight excluding hydrogens is 342 g/mol. The number of H-pyrrole nitrogens is 1. The summed E-state index contributed by atoms with van der Waals surface area (Å²) in [5.74, 6) is 0.868. The molecule has 2 heterocycles. The van der Waals surface area contributed by atoms with E-state index in [1.165, 1.54) is 0 Å². The molecule has 146 valence electrons. The van der Waals surface area contributed by atoms with Crippen molar-refractivity contribution in [3.8, 4) is 17.0 Å². The lowest BCUT2D eigenvalue weighted by Crippen LogP contribution is -2.52. The minimum absolute atomic E-state index is 0.0664. The minimum atomic E-state index is 0.0664. The van der Waals surface area contributed by atoms with Crippen LogP contribution < -0.4 is 10.1 Å². The van der Waals surface area contributed by atoms with Gasteiger partial charge in [0.15, 0.2) is 0 Å². The number of aromatic amines is 1. The van der Waals surface area contributed by atoms with E-state index in [4.69, 9.17) is 4.74 Å². The van der Waals surface area contributed by atoms with E-state index in [1.807, 2.05) is 35.2 Å². The molecule has 2 aromatic rings. The van der Waals surface area contributed by atoms with E-state index in [-0.39, 0.29) is 6.03 Å². The Morgan fingerprint density at radius 3 is 2.63 bits per heavy atom. The molecule has 1 aliphatic heterocycles. The summed E-state index contributed by atoms with van der Waals surface area (Å²) in [6.07, 6.45) is 3.88. The number of benzene rings is 1. The standard InChI is InChI=1S/C20H29N5O2/c1-2-3-9-21-20(26)25-13-11-24(12-14-25)15-16-27-18-6-4-17(5-7-18)19-8-10-22-23-19/h4-8,10H,2-3,9,11-16H2,1H3,(H,21,26)(H,22,23). The summed E-state index contributed by atoms with van der Waals surface area (Å²) in [5.41, 5.74) is 2.09. The van der Waals surface area contributed by atoms with Crippen molar-refractivity contribution in [3.05, 3.63) is 36.5 Å². The molecule has 3 rings (SSSR count). The van der Waals surface area contributed by atoms with Gasteiger partial charge in [-0.3, -0.25) is 10.00 Å². The number of hydrogen-bond acceptors (Lipinski definition) is 4. The van der Waals surface area contributed by atoms with Crippen molar-refractivity contribution >= 4 is 6.03 Å². The summed E-state index contributed by atoms with van der Waals surface area (Å²) in [4.78, 5) is 16.3. The zero-order valence-corrected chi connectivity index (χ0v) is 16.0. The van der Waals surface area contributed by atoms with Crippen molar-refractivity contribution in [2.45, 2.75) is 19.8 Å². The summed E-state index contributed by atoms with van der Waals surface area (Å²) in [6, 6.07) is 10.0. The summed E-state index contributed by atoms with van der Waals surface area (Å²) in [7, 11) is 0. The third kappa shape index (κ3) is 5.72. The number of nitrogens with one attached hydrogen (secondary N) is 2. The largest absolute Gasteiger partial charge is 0.492 e. The Morgan fingerprint density at radius 2 is 1.96 bits per heavy atom. The number of nitrogens with zero attached hydrogens (tertiary/aromatic N) is 3. The molecule has 27 heavy (non-hydrogen) atoms. The third-order valence-electron chi connectivity index (χ3n) is 4.81. The van der Waals surface area contributed by atoms with Gasteiger partial charge in [0.1, 0.15) is 12.4 Å². The molecule has 0 unspecified atom stereocenters. The Kier molecular flexibility index (Phi) is 7.10. The second-order valence-corrected chi connectivity index (χ2v) is 6.76. The number of aromatic nitrogens is 2. The Labute approximate surface area is 160 Å². The van der Waals surface area contributed by atoms with Crippen LogP contribution in [-0.4, -0.2) is 71.9 Å². The van der Waals surface area contributed by atoms with Crippen LogP contribution >= 0.6 is 0 Å². The monoisotopic (exact) mass is 371 g/mol. The van der Waals surface area contributed by atoms with Crippen LogP contribution in [0.4, 0.5) is 4.79 Å². The highest BCUT2D eigenvalue weighted by Gasteiger charge is 2.20. The maximum Gasteiger partial charge on any atom is 0.317 e. The molecule has 1 aliphatic rings. The molecule has 2 amide bonds. The van der Waals surface area contributed by atoms with E-state index >= 15 is 0 Å². The van der Waals surface area contributed by atoms with Crippen LogP contribution in [0.3, 0.4) is 0 Å². The van der Waals surface area contributed by atoms with Gasteiger partial charge in [-0.2, -0.15) is 5.10 Å². The zero-order chi connectivity index (χ0) is 18.9. The predicted molar refractivity (Wildman–Crippen MR) is 106 cm³/mol. The highest BCUT2D eigenvalue weighted by atomic mass is 16.5. The lowest BCUT2D eigenvalue weighted by Gasteiger charge is -2.34. The molecule has 0 radical (unpaired) electrons. The Balaban J connectivity index is 1.34. The first-order valence-corrected chi connectivity index (χ1v) is 9.74. The number of urea groups is 1. The molecule has 0 aliphatic carbocycles. The highest BCUT2D eigenvalue weighted by Crippen LogP contribution is 2.20. The average Bonchev–Trinajstić information content (AvgIpc) is 3.24. The van der Waals surface area contributed by atoms with Crippen molar-refractivity contribution < 1.29 is 9.53 Å². The summed E-state index contributed by atoms with van der Waals surface area (Å²) < 4.78 is 5.86. The fourth-order valence-electron chi connectivity index (χ4n) is 3.10. The number of carbonyl (C=O) groups is 1. The van der Waals surface area contributed by atoms with Crippen LogP contribution in [0.25, 0.3) is 11.3 Å². The van der Waals surface area contributed by atoms with Crippen molar-refractivity contribution in [3.63, 3.8) is 0 Å². The van der Waals surface area contributed by atoms with E-state index in [9.17, 15) is 4.79 Å². The molecule has 2 N–H and O–H groups in total. The molecule has 0 atom stereocenters. The lowest BCUT2D eigenvalue weighted by molar-refractivity contribution is 0.126. The van der Waals surface area contributed by atoms with E-state index in [1.54, 1.807) is 6.20 Å². The summed E-state index contributed by atoms with van der Waals surface area (Å²) >= 11 is 0. The fourth-order valence-corrected chi connectivity index (χ4v) is 3.10. The van der Waals surface area contributed by atoms with Gasteiger partial charge in [0.25, 0.3) is 0 Å². The van der Waals surface area contributed by atoms with Gasteiger partial charge in [-0.05, 0) is 42.3 Å². The molecule has 1 saturated heterocycles. The molecule has 0 saturated carbocycles. The van der Waals surface area contributed by atoms with Crippen LogP contribution in [0.2, 0.25) is 0 Å². The molecule has 1 fully saturated rings. The van der Waals surface area contributed by atoms with Gasteiger partial charge < -0.3 is 15.0 Å². The first kappa shape index (κ1) is 19.2. The van der Waals surface area contributed by atoms with E-state index in [0.29, 0.717) is 6.61 Å². The number of amides is 2. The number of ether oxygens (including phenoxy) is 1. The molecular formula is C20H29N5O2. The molecule has 0 bridgehead atoms. The molecule has 1 aromatic heterocycles. The van der Waals surface area contributed by atoms with Crippen LogP contribution in [0, 0.1) is 0 Å².